The Morgan fingerprint density at radius 1 is 1.47 bits per heavy atom. The maximum Gasteiger partial charge on any atom is 0.347 e. The summed E-state index contributed by atoms with van der Waals surface area (Å²) in [6.45, 7) is 1.64. The highest BCUT2D eigenvalue weighted by atomic mass is 35.5. The molecule has 2 aromatic rings. The minimum absolute atomic E-state index is 0.0469. The molecule has 98 valence electrons. The fourth-order valence-electron chi connectivity index (χ4n) is 1.51. The van der Waals surface area contributed by atoms with Crippen molar-refractivity contribution in [1.82, 2.24) is 9.97 Å². The molecule has 2 N–H and O–H groups in total. The van der Waals surface area contributed by atoms with Gasteiger partial charge in [-0.25, -0.2) is 9.18 Å². The molecule has 0 fully saturated rings. The summed E-state index contributed by atoms with van der Waals surface area (Å²) in [6, 6.07) is 5.54. The van der Waals surface area contributed by atoms with Gasteiger partial charge in [-0.15, -0.1) is 0 Å². The summed E-state index contributed by atoms with van der Waals surface area (Å²) < 4.78 is 13.6. The summed E-state index contributed by atoms with van der Waals surface area (Å²) in [5.74, 6) is -1.49. The SMILES string of the molecule is Cc1cc(NC(=O)c2cccc(Cl)c2F)nc(=O)[nH]1. The first-order valence-electron chi connectivity index (χ1n) is 5.30. The molecular weight excluding hydrogens is 273 g/mol. The van der Waals surface area contributed by atoms with Crippen molar-refractivity contribution in [2.75, 3.05) is 5.32 Å². The van der Waals surface area contributed by atoms with Crippen LogP contribution in [0.25, 0.3) is 0 Å². The average molecular weight is 282 g/mol. The predicted octanol–water partition coefficient (Wildman–Crippen LogP) is 2.12. The zero-order valence-corrected chi connectivity index (χ0v) is 10.6. The molecule has 0 bridgehead atoms. The fraction of sp³-hybridized carbons (Fsp3) is 0.0833. The maximum absolute atomic E-state index is 13.6. The standard InChI is InChI=1S/C12H9ClFN3O2/c1-6-5-9(17-12(19)15-6)16-11(18)7-3-2-4-8(13)10(7)14/h2-5H,1H3,(H2,15,16,17,18,19). The first-order valence-corrected chi connectivity index (χ1v) is 5.68. The number of hydrogen-bond acceptors (Lipinski definition) is 3. The van der Waals surface area contributed by atoms with Crippen LogP contribution in [0.15, 0.2) is 29.1 Å². The van der Waals surface area contributed by atoms with E-state index in [0.29, 0.717) is 5.69 Å². The van der Waals surface area contributed by atoms with Crippen molar-refractivity contribution < 1.29 is 9.18 Å². The highest BCUT2D eigenvalue weighted by Crippen LogP contribution is 2.18. The number of halogens is 2. The fourth-order valence-corrected chi connectivity index (χ4v) is 1.68. The van der Waals surface area contributed by atoms with Crippen LogP contribution in [0.2, 0.25) is 5.02 Å². The summed E-state index contributed by atoms with van der Waals surface area (Å²) in [7, 11) is 0. The van der Waals surface area contributed by atoms with Crippen LogP contribution in [-0.4, -0.2) is 15.9 Å². The Labute approximate surface area is 112 Å². The van der Waals surface area contributed by atoms with Gasteiger partial charge in [-0.05, 0) is 19.1 Å². The number of amides is 1. The van der Waals surface area contributed by atoms with E-state index in [1.54, 1.807) is 6.92 Å². The number of anilines is 1. The summed E-state index contributed by atoms with van der Waals surface area (Å²) in [4.78, 5) is 29.0. The number of carbonyl (C=O) groups is 1. The van der Waals surface area contributed by atoms with Gasteiger partial charge in [0, 0.05) is 11.8 Å². The summed E-state index contributed by atoms with van der Waals surface area (Å²) in [6.07, 6.45) is 0. The largest absolute Gasteiger partial charge is 0.347 e. The zero-order chi connectivity index (χ0) is 14.0. The number of aromatic amines is 1. The van der Waals surface area contributed by atoms with Gasteiger partial charge in [-0.1, -0.05) is 17.7 Å². The molecule has 1 heterocycles. The Morgan fingerprint density at radius 2 is 2.21 bits per heavy atom. The third kappa shape index (κ3) is 2.97. The highest BCUT2D eigenvalue weighted by molar-refractivity contribution is 6.31. The number of carbonyl (C=O) groups excluding carboxylic acids is 1. The predicted molar refractivity (Wildman–Crippen MR) is 69.0 cm³/mol. The molecule has 7 heteroatoms. The Kier molecular flexibility index (Phi) is 3.62. The van der Waals surface area contributed by atoms with Gasteiger partial charge in [0.15, 0.2) is 5.82 Å². The van der Waals surface area contributed by atoms with Gasteiger partial charge in [0.05, 0.1) is 10.6 Å². The minimum atomic E-state index is -0.816. The molecule has 0 aliphatic carbocycles. The maximum atomic E-state index is 13.6. The Morgan fingerprint density at radius 3 is 2.89 bits per heavy atom. The van der Waals surface area contributed by atoms with Crippen LogP contribution < -0.4 is 11.0 Å². The van der Waals surface area contributed by atoms with Crippen molar-refractivity contribution in [2.45, 2.75) is 6.92 Å². The molecule has 5 nitrogen and oxygen atoms in total. The monoisotopic (exact) mass is 281 g/mol. The zero-order valence-electron chi connectivity index (χ0n) is 9.83. The van der Waals surface area contributed by atoms with Crippen LogP contribution in [0, 0.1) is 12.7 Å². The minimum Gasteiger partial charge on any atom is -0.310 e. The van der Waals surface area contributed by atoms with Crippen molar-refractivity contribution >= 4 is 23.3 Å². The normalized spacial score (nSPS) is 10.3. The number of H-pyrrole nitrogens is 1. The molecule has 0 aliphatic rings. The average Bonchev–Trinajstić information content (AvgIpc) is 2.31. The van der Waals surface area contributed by atoms with Gasteiger partial charge >= 0.3 is 5.69 Å². The van der Waals surface area contributed by atoms with Crippen LogP contribution in [0.5, 0.6) is 0 Å². The lowest BCUT2D eigenvalue weighted by atomic mass is 10.2. The van der Waals surface area contributed by atoms with Crippen LogP contribution in [-0.2, 0) is 0 Å². The van der Waals surface area contributed by atoms with E-state index in [2.05, 4.69) is 15.3 Å². The molecule has 2 rings (SSSR count). The first kappa shape index (κ1) is 13.2. The lowest BCUT2D eigenvalue weighted by Crippen LogP contribution is -2.19. The number of aromatic nitrogens is 2. The molecule has 1 amide bonds. The van der Waals surface area contributed by atoms with Crippen LogP contribution in [0.3, 0.4) is 0 Å². The number of aryl methyl sites for hydroxylation is 1. The van der Waals surface area contributed by atoms with E-state index < -0.39 is 17.4 Å². The van der Waals surface area contributed by atoms with Gasteiger partial charge in [0.25, 0.3) is 5.91 Å². The van der Waals surface area contributed by atoms with E-state index in [1.807, 2.05) is 0 Å². The van der Waals surface area contributed by atoms with Gasteiger partial charge in [0.2, 0.25) is 0 Å². The molecule has 0 atom stereocenters. The Bertz CT molecular complexity index is 700. The van der Waals surface area contributed by atoms with Crippen molar-refractivity contribution in [1.29, 1.82) is 0 Å². The number of hydrogen-bond donors (Lipinski definition) is 2. The van der Waals surface area contributed by atoms with Gasteiger partial charge in [-0.2, -0.15) is 4.98 Å². The van der Waals surface area contributed by atoms with E-state index in [0.717, 1.165) is 0 Å². The van der Waals surface area contributed by atoms with E-state index in [1.165, 1.54) is 24.3 Å². The van der Waals surface area contributed by atoms with Crippen LogP contribution >= 0.6 is 11.6 Å². The molecular formula is C12H9ClFN3O2. The topological polar surface area (TPSA) is 74.8 Å². The number of rotatable bonds is 2. The number of benzene rings is 1. The van der Waals surface area contributed by atoms with Crippen molar-refractivity contribution in [2.24, 2.45) is 0 Å². The lowest BCUT2D eigenvalue weighted by molar-refractivity contribution is 0.102. The van der Waals surface area contributed by atoms with Crippen LogP contribution in [0.1, 0.15) is 16.1 Å². The molecule has 1 aromatic heterocycles. The van der Waals surface area contributed by atoms with Crippen molar-refractivity contribution in [3.63, 3.8) is 0 Å². The summed E-state index contributed by atoms with van der Waals surface area (Å²) in [5, 5.41) is 2.19. The second kappa shape index (κ2) is 5.19. The second-order valence-electron chi connectivity index (χ2n) is 3.81. The van der Waals surface area contributed by atoms with E-state index in [9.17, 15) is 14.0 Å². The van der Waals surface area contributed by atoms with Gasteiger partial charge < -0.3 is 10.3 Å². The number of nitrogens with one attached hydrogen (secondary N) is 2. The lowest BCUT2D eigenvalue weighted by Gasteiger charge is -2.06. The van der Waals surface area contributed by atoms with Gasteiger partial charge in [0.1, 0.15) is 5.82 Å². The molecule has 0 saturated heterocycles. The summed E-state index contributed by atoms with van der Waals surface area (Å²) >= 11 is 5.59. The Balaban J connectivity index is 2.31. The second-order valence-corrected chi connectivity index (χ2v) is 4.22. The van der Waals surface area contributed by atoms with E-state index in [4.69, 9.17) is 11.6 Å². The quantitative estimate of drug-likeness (QED) is 0.885. The summed E-state index contributed by atoms with van der Waals surface area (Å²) in [5.41, 5.74) is -0.282. The molecule has 1 aromatic carbocycles. The molecule has 0 unspecified atom stereocenters. The van der Waals surface area contributed by atoms with Crippen LogP contribution in [0.4, 0.5) is 10.2 Å². The third-order valence-electron chi connectivity index (χ3n) is 2.32. The molecule has 19 heavy (non-hydrogen) atoms. The third-order valence-corrected chi connectivity index (χ3v) is 2.61. The smallest absolute Gasteiger partial charge is 0.310 e. The van der Waals surface area contributed by atoms with Crippen molar-refractivity contribution in [3.05, 3.63) is 56.8 Å². The van der Waals surface area contributed by atoms with Crippen molar-refractivity contribution in [3.8, 4) is 0 Å². The molecule has 0 aliphatic heterocycles. The molecule has 0 spiro atoms. The van der Waals surface area contributed by atoms with Gasteiger partial charge in [-0.3, -0.25) is 4.79 Å². The molecule has 0 saturated carbocycles. The first-order chi connectivity index (χ1) is 8.97. The highest BCUT2D eigenvalue weighted by Gasteiger charge is 2.14. The molecule has 0 radical (unpaired) electrons. The van der Waals surface area contributed by atoms with E-state index in [-0.39, 0.29) is 16.4 Å². The number of nitrogens with zero attached hydrogens (tertiary/aromatic N) is 1. The Hall–Kier alpha value is -2.21. The van der Waals surface area contributed by atoms with E-state index >= 15 is 0 Å².